The van der Waals surface area contributed by atoms with E-state index in [2.05, 4.69) is 11.4 Å². The molecule has 0 heterocycles. The van der Waals surface area contributed by atoms with Crippen molar-refractivity contribution in [1.29, 1.82) is 5.26 Å². The lowest BCUT2D eigenvalue weighted by atomic mass is 10.1. The van der Waals surface area contributed by atoms with Crippen molar-refractivity contribution >= 4 is 11.6 Å². The number of amides is 1. The number of rotatable bonds is 6. The van der Waals surface area contributed by atoms with Crippen LogP contribution in [0.5, 0.6) is 0 Å². The summed E-state index contributed by atoms with van der Waals surface area (Å²) >= 11 is 0. The van der Waals surface area contributed by atoms with Gasteiger partial charge in [-0.05, 0) is 44.0 Å². The van der Waals surface area contributed by atoms with Crippen LogP contribution in [0.3, 0.4) is 0 Å². The summed E-state index contributed by atoms with van der Waals surface area (Å²) < 4.78 is 0. The summed E-state index contributed by atoms with van der Waals surface area (Å²) in [4.78, 5) is 14.2. The second-order valence-electron chi connectivity index (χ2n) is 4.75. The summed E-state index contributed by atoms with van der Waals surface area (Å²) in [5.41, 5.74) is 1.72. The Labute approximate surface area is 114 Å². The zero-order valence-electron chi connectivity index (χ0n) is 11.2. The van der Waals surface area contributed by atoms with Crippen LogP contribution in [0.2, 0.25) is 0 Å². The van der Waals surface area contributed by atoms with Crippen LogP contribution in [0.25, 0.3) is 0 Å². The van der Waals surface area contributed by atoms with Gasteiger partial charge >= 0.3 is 0 Å². The number of anilines is 1. The average molecular weight is 257 g/mol. The quantitative estimate of drug-likeness (QED) is 0.852. The van der Waals surface area contributed by atoms with E-state index in [0.717, 1.165) is 25.1 Å². The molecule has 0 atom stereocenters. The molecule has 0 bridgehead atoms. The molecule has 1 aromatic carbocycles. The van der Waals surface area contributed by atoms with Gasteiger partial charge in [0.25, 0.3) is 5.91 Å². The number of nitriles is 1. The molecule has 0 aromatic heterocycles. The molecule has 1 amide bonds. The Hall–Kier alpha value is -2.02. The first kappa shape index (κ1) is 13.4. The number of benzene rings is 1. The Morgan fingerprint density at radius 3 is 2.63 bits per heavy atom. The first-order valence-electron chi connectivity index (χ1n) is 6.78. The maximum atomic E-state index is 12.4. The van der Waals surface area contributed by atoms with Gasteiger partial charge in [0.15, 0.2) is 0 Å². The number of nitrogens with one attached hydrogen (secondary N) is 1. The molecule has 0 unspecified atom stereocenters. The van der Waals surface area contributed by atoms with Crippen molar-refractivity contribution in [2.24, 2.45) is 0 Å². The highest BCUT2D eigenvalue weighted by Crippen LogP contribution is 2.28. The number of hydrogen-bond donors (Lipinski definition) is 1. The molecular weight excluding hydrogens is 238 g/mol. The molecule has 19 heavy (non-hydrogen) atoms. The van der Waals surface area contributed by atoms with E-state index in [1.807, 2.05) is 36.1 Å². The van der Waals surface area contributed by atoms with Gasteiger partial charge in [-0.2, -0.15) is 5.26 Å². The second-order valence-corrected chi connectivity index (χ2v) is 4.75. The Kier molecular flexibility index (Phi) is 4.40. The van der Waals surface area contributed by atoms with Gasteiger partial charge in [-0.25, -0.2) is 0 Å². The molecule has 100 valence electrons. The molecule has 1 N–H and O–H groups in total. The molecule has 0 spiro atoms. The van der Waals surface area contributed by atoms with Crippen molar-refractivity contribution in [1.82, 2.24) is 4.90 Å². The average Bonchev–Trinajstić information content (AvgIpc) is 3.25. The third-order valence-electron chi connectivity index (χ3n) is 3.23. The van der Waals surface area contributed by atoms with Crippen LogP contribution in [0, 0.1) is 11.3 Å². The van der Waals surface area contributed by atoms with Gasteiger partial charge in [0.1, 0.15) is 0 Å². The highest BCUT2D eigenvalue weighted by molar-refractivity contribution is 5.95. The Morgan fingerprint density at radius 2 is 2.11 bits per heavy atom. The lowest BCUT2D eigenvalue weighted by Gasteiger charge is -2.21. The largest absolute Gasteiger partial charge is 0.385 e. The monoisotopic (exact) mass is 257 g/mol. The van der Waals surface area contributed by atoms with Crippen LogP contribution in [0.1, 0.15) is 36.5 Å². The Morgan fingerprint density at radius 1 is 1.42 bits per heavy atom. The van der Waals surface area contributed by atoms with Gasteiger partial charge in [0, 0.05) is 30.4 Å². The van der Waals surface area contributed by atoms with Gasteiger partial charge < -0.3 is 10.2 Å². The van der Waals surface area contributed by atoms with E-state index in [1.54, 1.807) is 0 Å². The lowest BCUT2D eigenvalue weighted by Crippen LogP contribution is -2.33. The third kappa shape index (κ3) is 3.47. The maximum absolute atomic E-state index is 12.4. The normalized spacial score (nSPS) is 13.7. The van der Waals surface area contributed by atoms with Crippen molar-refractivity contribution in [3.8, 4) is 6.07 Å². The van der Waals surface area contributed by atoms with Gasteiger partial charge in [-0.15, -0.1) is 0 Å². The summed E-state index contributed by atoms with van der Waals surface area (Å²) in [5.74, 6) is 0.0424. The van der Waals surface area contributed by atoms with Crippen molar-refractivity contribution in [2.45, 2.75) is 32.2 Å². The number of carbonyl (C=O) groups is 1. The van der Waals surface area contributed by atoms with E-state index >= 15 is 0 Å². The van der Waals surface area contributed by atoms with E-state index in [-0.39, 0.29) is 5.91 Å². The topological polar surface area (TPSA) is 56.1 Å². The molecule has 2 rings (SSSR count). The summed E-state index contributed by atoms with van der Waals surface area (Å²) in [7, 11) is 0. The molecule has 1 saturated carbocycles. The number of carbonyl (C=O) groups excluding carboxylic acids is 1. The summed E-state index contributed by atoms with van der Waals surface area (Å²) in [6.45, 7) is 3.44. The van der Waals surface area contributed by atoms with Crippen LogP contribution < -0.4 is 5.32 Å². The van der Waals surface area contributed by atoms with E-state index < -0.39 is 0 Å². The minimum atomic E-state index is 0.0424. The first-order chi connectivity index (χ1) is 9.26. The lowest BCUT2D eigenvalue weighted by molar-refractivity contribution is 0.0747. The highest BCUT2D eigenvalue weighted by atomic mass is 16.2. The molecule has 4 nitrogen and oxygen atoms in total. The van der Waals surface area contributed by atoms with Gasteiger partial charge in [0.05, 0.1) is 12.5 Å². The van der Waals surface area contributed by atoms with Crippen LogP contribution in [0.4, 0.5) is 5.69 Å². The summed E-state index contributed by atoms with van der Waals surface area (Å²) in [6, 6.07) is 10.00. The predicted octanol–water partition coefficient (Wildman–Crippen LogP) is 2.64. The second kappa shape index (κ2) is 6.24. The minimum absolute atomic E-state index is 0.0424. The standard InChI is InChI=1S/C15H19N3O/c1-2-17-13-6-4-12(5-7-13)15(19)18(11-3-10-16)14-8-9-14/h4-7,14,17H,2-3,8-9,11H2,1H3. The SMILES string of the molecule is CCNc1ccc(C(=O)N(CCC#N)C2CC2)cc1. The van der Waals surface area contributed by atoms with Crippen LogP contribution in [-0.2, 0) is 0 Å². The molecule has 4 heteroatoms. The van der Waals surface area contributed by atoms with Gasteiger partial charge in [0.2, 0.25) is 0 Å². The zero-order chi connectivity index (χ0) is 13.7. The molecule has 0 aliphatic heterocycles. The van der Waals surface area contributed by atoms with Crippen molar-refractivity contribution in [3.63, 3.8) is 0 Å². The molecule has 1 aliphatic rings. The van der Waals surface area contributed by atoms with Crippen LogP contribution >= 0.6 is 0 Å². The fourth-order valence-corrected chi connectivity index (χ4v) is 2.11. The van der Waals surface area contributed by atoms with Crippen molar-refractivity contribution < 1.29 is 4.79 Å². The van der Waals surface area contributed by atoms with E-state index in [0.29, 0.717) is 24.6 Å². The zero-order valence-corrected chi connectivity index (χ0v) is 11.2. The van der Waals surface area contributed by atoms with Gasteiger partial charge in [-0.3, -0.25) is 4.79 Å². The first-order valence-corrected chi connectivity index (χ1v) is 6.78. The fourth-order valence-electron chi connectivity index (χ4n) is 2.11. The van der Waals surface area contributed by atoms with Crippen LogP contribution in [-0.4, -0.2) is 29.9 Å². The van der Waals surface area contributed by atoms with E-state index in [4.69, 9.17) is 5.26 Å². The maximum Gasteiger partial charge on any atom is 0.254 e. The predicted molar refractivity (Wildman–Crippen MR) is 74.9 cm³/mol. The molecule has 0 radical (unpaired) electrons. The Bertz CT molecular complexity index is 471. The molecular formula is C15H19N3O. The van der Waals surface area contributed by atoms with E-state index in [1.165, 1.54) is 0 Å². The smallest absolute Gasteiger partial charge is 0.254 e. The van der Waals surface area contributed by atoms with Crippen LogP contribution in [0.15, 0.2) is 24.3 Å². The third-order valence-corrected chi connectivity index (χ3v) is 3.23. The summed E-state index contributed by atoms with van der Waals surface area (Å²) in [6.07, 6.45) is 2.52. The Balaban J connectivity index is 2.06. The highest BCUT2D eigenvalue weighted by Gasteiger charge is 2.32. The van der Waals surface area contributed by atoms with Gasteiger partial charge in [-0.1, -0.05) is 0 Å². The molecule has 1 fully saturated rings. The van der Waals surface area contributed by atoms with Crippen molar-refractivity contribution in [3.05, 3.63) is 29.8 Å². The molecule has 0 saturated heterocycles. The fraction of sp³-hybridized carbons (Fsp3) is 0.467. The molecule has 1 aliphatic carbocycles. The van der Waals surface area contributed by atoms with Crippen molar-refractivity contribution in [2.75, 3.05) is 18.4 Å². The molecule has 1 aromatic rings. The number of hydrogen-bond acceptors (Lipinski definition) is 3. The number of nitrogens with zero attached hydrogens (tertiary/aromatic N) is 2. The minimum Gasteiger partial charge on any atom is -0.385 e. The van der Waals surface area contributed by atoms with E-state index in [9.17, 15) is 4.79 Å². The summed E-state index contributed by atoms with van der Waals surface area (Å²) in [5, 5.41) is 11.9.